The lowest BCUT2D eigenvalue weighted by Gasteiger charge is -2.40. The molecule has 30 heavy (non-hydrogen) atoms. The van der Waals surface area contributed by atoms with E-state index in [0.717, 1.165) is 0 Å². The molecular weight excluding hydrogens is 396 g/mol. The molecule has 0 bridgehead atoms. The largest absolute Gasteiger partial charge is 0.508 e. The number of benzene rings is 2. The molecule has 1 aliphatic heterocycles. The van der Waals surface area contributed by atoms with Crippen molar-refractivity contribution in [2.75, 3.05) is 6.61 Å². The molecule has 0 amide bonds. The molecule has 9 heteroatoms. The van der Waals surface area contributed by atoms with Crippen molar-refractivity contribution < 1.29 is 39.8 Å². The summed E-state index contributed by atoms with van der Waals surface area (Å²) in [4.78, 5) is 13.0. The maximum Gasteiger partial charge on any atom is 0.200 e. The predicted octanol–water partition coefficient (Wildman–Crippen LogP) is 0.386. The van der Waals surface area contributed by atoms with Crippen molar-refractivity contribution in [1.29, 1.82) is 0 Å². The van der Waals surface area contributed by atoms with Crippen LogP contribution in [0.5, 0.6) is 11.5 Å². The highest BCUT2D eigenvalue weighted by Crippen LogP contribution is 2.40. The van der Waals surface area contributed by atoms with Crippen LogP contribution in [0.4, 0.5) is 0 Å². The van der Waals surface area contributed by atoms with Crippen LogP contribution in [0.1, 0.15) is 11.7 Å². The molecule has 2 heterocycles. The Morgan fingerprint density at radius 1 is 0.900 bits per heavy atom. The van der Waals surface area contributed by atoms with Crippen LogP contribution in [0.15, 0.2) is 51.9 Å². The smallest absolute Gasteiger partial charge is 0.200 e. The van der Waals surface area contributed by atoms with Crippen molar-refractivity contribution in [1.82, 2.24) is 0 Å². The standard InChI is InChI=1S/C21H20O9/c22-7-14-17(26)18(27)19(28)21(30-14)15-13(24)6-5-11-16(25)12(8-29-20(11)15)9-1-3-10(23)4-2-9/h1-6,8,14,17-19,21-24,26-28H,7H2/t14-,17+,18+,19+,21+/m1/s1. The molecule has 1 aliphatic rings. The van der Waals surface area contributed by atoms with E-state index >= 15 is 0 Å². The topological polar surface area (TPSA) is 161 Å². The van der Waals surface area contributed by atoms with Gasteiger partial charge in [0.15, 0.2) is 0 Å². The molecule has 4 rings (SSSR count). The Morgan fingerprint density at radius 3 is 2.27 bits per heavy atom. The van der Waals surface area contributed by atoms with E-state index < -0.39 is 42.6 Å². The number of fused-ring (bicyclic) bond motifs is 1. The molecule has 1 aromatic heterocycles. The Labute approximate surface area is 169 Å². The first-order chi connectivity index (χ1) is 14.3. The highest BCUT2D eigenvalue weighted by atomic mass is 16.5. The second-order valence-electron chi connectivity index (χ2n) is 7.15. The molecule has 1 saturated heterocycles. The average molecular weight is 416 g/mol. The van der Waals surface area contributed by atoms with E-state index in [1.54, 1.807) is 12.1 Å². The van der Waals surface area contributed by atoms with Gasteiger partial charge in [-0.1, -0.05) is 12.1 Å². The van der Waals surface area contributed by atoms with Crippen LogP contribution in [-0.2, 0) is 4.74 Å². The van der Waals surface area contributed by atoms with Crippen molar-refractivity contribution in [2.24, 2.45) is 0 Å². The highest BCUT2D eigenvalue weighted by molar-refractivity contribution is 5.86. The van der Waals surface area contributed by atoms with Gasteiger partial charge >= 0.3 is 0 Å². The van der Waals surface area contributed by atoms with Gasteiger partial charge in [0.2, 0.25) is 5.43 Å². The number of aromatic hydroxyl groups is 2. The Kier molecular flexibility index (Phi) is 5.22. The monoisotopic (exact) mass is 416 g/mol. The van der Waals surface area contributed by atoms with Gasteiger partial charge in [-0.15, -0.1) is 0 Å². The molecule has 0 radical (unpaired) electrons. The highest BCUT2D eigenvalue weighted by Gasteiger charge is 2.45. The van der Waals surface area contributed by atoms with Crippen molar-refractivity contribution in [3.63, 3.8) is 0 Å². The normalized spacial score (nSPS) is 26.7. The first-order valence-electron chi connectivity index (χ1n) is 9.20. The van der Waals surface area contributed by atoms with E-state index in [2.05, 4.69) is 0 Å². The average Bonchev–Trinajstić information content (AvgIpc) is 2.74. The van der Waals surface area contributed by atoms with Crippen molar-refractivity contribution in [2.45, 2.75) is 30.5 Å². The SMILES string of the molecule is O=c1c(-c2ccc(O)cc2)coc2c([C@@H]3O[C@H](CO)[C@H](O)[C@H](O)[C@@H]3O)c(O)ccc12. The fraction of sp³-hybridized carbons (Fsp3) is 0.286. The number of aliphatic hydroxyl groups is 4. The van der Waals surface area contributed by atoms with Crippen molar-refractivity contribution in [3.05, 3.63) is 58.4 Å². The van der Waals surface area contributed by atoms with E-state index in [1.807, 2.05) is 0 Å². The molecule has 1 fully saturated rings. The maximum absolute atomic E-state index is 13.0. The molecule has 0 unspecified atom stereocenters. The van der Waals surface area contributed by atoms with Crippen LogP contribution < -0.4 is 5.43 Å². The Balaban J connectivity index is 1.87. The van der Waals surface area contributed by atoms with E-state index in [-0.39, 0.29) is 33.6 Å². The van der Waals surface area contributed by atoms with Crippen LogP contribution in [-0.4, -0.2) is 61.7 Å². The molecule has 0 spiro atoms. The van der Waals surface area contributed by atoms with Crippen LogP contribution in [0, 0.1) is 0 Å². The van der Waals surface area contributed by atoms with Crippen molar-refractivity contribution >= 4 is 11.0 Å². The Hall–Kier alpha value is -2.95. The molecule has 5 atom stereocenters. The van der Waals surface area contributed by atoms with Crippen LogP contribution in [0.25, 0.3) is 22.1 Å². The van der Waals surface area contributed by atoms with E-state index in [1.165, 1.54) is 30.5 Å². The summed E-state index contributed by atoms with van der Waals surface area (Å²) in [5, 5.41) is 59.8. The van der Waals surface area contributed by atoms with Crippen molar-refractivity contribution in [3.8, 4) is 22.6 Å². The lowest BCUT2D eigenvalue weighted by Crippen LogP contribution is -2.55. The summed E-state index contributed by atoms with van der Waals surface area (Å²) in [6, 6.07) is 8.54. The summed E-state index contributed by atoms with van der Waals surface area (Å²) in [5.41, 5.74) is 0.150. The van der Waals surface area contributed by atoms with Gasteiger partial charge in [-0.2, -0.15) is 0 Å². The summed E-state index contributed by atoms with van der Waals surface area (Å²) in [6.07, 6.45) is -6.24. The first kappa shape index (κ1) is 20.3. The van der Waals surface area contributed by atoms with E-state index in [0.29, 0.717) is 5.56 Å². The summed E-state index contributed by atoms with van der Waals surface area (Å²) >= 11 is 0. The zero-order valence-electron chi connectivity index (χ0n) is 15.5. The minimum atomic E-state index is -1.65. The van der Waals surface area contributed by atoms with Crippen LogP contribution in [0.3, 0.4) is 0 Å². The third-order valence-electron chi connectivity index (χ3n) is 5.31. The molecule has 9 nitrogen and oxygen atoms in total. The van der Waals surface area contributed by atoms with Gasteiger partial charge in [0, 0.05) is 0 Å². The molecular formula is C21H20O9. The third-order valence-corrected chi connectivity index (χ3v) is 5.31. The fourth-order valence-corrected chi connectivity index (χ4v) is 3.67. The Morgan fingerprint density at radius 2 is 1.60 bits per heavy atom. The number of phenols is 2. The predicted molar refractivity (Wildman–Crippen MR) is 104 cm³/mol. The maximum atomic E-state index is 13.0. The van der Waals surface area contributed by atoms with Crippen LogP contribution >= 0.6 is 0 Å². The molecule has 3 aromatic rings. The number of hydrogen-bond acceptors (Lipinski definition) is 9. The zero-order chi connectivity index (χ0) is 21.6. The second kappa shape index (κ2) is 7.71. The molecule has 2 aromatic carbocycles. The summed E-state index contributed by atoms with van der Waals surface area (Å²) < 4.78 is 11.1. The Bertz CT molecular complexity index is 1120. The van der Waals surface area contributed by atoms with Crippen LogP contribution in [0.2, 0.25) is 0 Å². The number of aliphatic hydroxyl groups excluding tert-OH is 4. The number of phenolic OH excluding ortho intramolecular Hbond substituents is 2. The minimum Gasteiger partial charge on any atom is -0.508 e. The summed E-state index contributed by atoms with van der Waals surface area (Å²) in [6.45, 7) is -0.637. The molecule has 0 aliphatic carbocycles. The summed E-state index contributed by atoms with van der Waals surface area (Å²) in [7, 11) is 0. The van der Waals surface area contributed by atoms with Gasteiger partial charge in [0.1, 0.15) is 53.9 Å². The minimum absolute atomic E-state index is 0.0405. The third kappa shape index (κ3) is 3.22. The van der Waals surface area contributed by atoms with E-state index in [9.17, 15) is 35.4 Å². The number of hydrogen-bond donors (Lipinski definition) is 6. The number of ether oxygens (including phenoxy) is 1. The molecule has 158 valence electrons. The van der Waals surface area contributed by atoms with Gasteiger partial charge < -0.3 is 39.8 Å². The molecule has 6 N–H and O–H groups in total. The van der Waals surface area contributed by atoms with Gasteiger partial charge in [0.25, 0.3) is 0 Å². The fourth-order valence-electron chi connectivity index (χ4n) is 3.67. The van der Waals surface area contributed by atoms with Gasteiger partial charge in [-0.25, -0.2) is 0 Å². The van der Waals surface area contributed by atoms with E-state index in [4.69, 9.17) is 9.15 Å². The second-order valence-corrected chi connectivity index (χ2v) is 7.15. The van der Waals surface area contributed by atoms with Gasteiger partial charge in [-0.3, -0.25) is 4.79 Å². The van der Waals surface area contributed by atoms with Gasteiger partial charge in [0.05, 0.1) is 23.1 Å². The van der Waals surface area contributed by atoms with Gasteiger partial charge in [-0.05, 0) is 29.8 Å². The number of rotatable bonds is 3. The lowest BCUT2D eigenvalue weighted by atomic mass is 9.89. The summed E-state index contributed by atoms with van der Waals surface area (Å²) in [5.74, 6) is -0.314. The first-order valence-corrected chi connectivity index (χ1v) is 9.20. The lowest BCUT2D eigenvalue weighted by molar-refractivity contribution is -0.231. The molecule has 0 saturated carbocycles. The zero-order valence-corrected chi connectivity index (χ0v) is 15.5. The quantitative estimate of drug-likeness (QED) is 0.355.